The van der Waals surface area contributed by atoms with E-state index in [0.717, 1.165) is 56.5 Å². The second-order valence-corrected chi connectivity index (χ2v) is 7.12. The molecule has 6 nitrogen and oxygen atoms in total. The van der Waals surface area contributed by atoms with Gasteiger partial charge in [0, 0.05) is 68.0 Å². The van der Waals surface area contributed by atoms with Crippen LogP contribution in [0.1, 0.15) is 35.6 Å². The molecule has 26 heavy (non-hydrogen) atoms. The lowest BCUT2D eigenvalue weighted by Crippen LogP contribution is -2.27. The Bertz CT molecular complexity index is 906. The van der Waals surface area contributed by atoms with Crippen molar-refractivity contribution < 1.29 is 9.90 Å². The average molecular weight is 351 g/mol. The molecule has 1 saturated heterocycles. The largest absolute Gasteiger partial charge is 0.545 e. The van der Waals surface area contributed by atoms with Gasteiger partial charge in [0.1, 0.15) is 5.82 Å². The van der Waals surface area contributed by atoms with E-state index in [-0.39, 0.29) is 0 Å². The smallest absolute Gasteiger partial charge is 0.140 e. The summed E-state index contributed by atoms with van der Waals surface area (Å²) < 4.78 is 4.33. The van der Waals surface area contributed by atoms with Crippen molar-refractivity contribution in [2.45, 2.75) is 25.8 Å². The molecule has 6 heteroatoms. The number of imidazole rings is 1. The van der Waals surface area contributed by atoms with E-state index in [1.807, 2.05) is 19.4 Å². The van der Waals surface area contributed by atoms with Crippen molar-refractivity contribution >= 4 is 17.6 Å². The summed E-state index contributed by atoms with van der Waals surface area (Å²) in [6.07, 6.45) is 9.61. The quantitative estimate of drug-likeness (QED) is 0.759. The number of likely N-dealkylation sites (tertiary alicyclic amines) is 1. The molecule has 0 aromatic carbocycles. The van der Waals surface area contributed by atoms with Crippen molar-refractivity contribution in [1.82, 2.24) is 19.0 Å². The van der Waals surface area contributed by atoms with E-state index in [1.165, 1.54) is 22.4 Å². The third kappa shape index (κ3) is 2.90. The van der Waals surface area contributed by atoms with Crippen LogP contribution in [0.5, 0.6) is 0 Å². The van der Waals surface area contributed by atoms with Gasteiger partial charge in [0.2, 0.25) is 0 Å². The fourth-order valence-corrected chi connectivity index (χ4v) is 4.05. The molecule has 2 aliphatic heterocycles. The average Bonchev–Trinajstić information content (AvgIpc) is 3.15. The first-order valence-electron chi connectivity index (χ1n) is 9.04. The number of carboxylic acid groups (broad SMARTS) is 1. The predicted octanol–water partition coefficient (Wildman–Crippen LogP) is 1.07. The Labute approximate surface area is 153 Å². The minimum Gasteiger partial charge on any atom is -0.545 e. The first kappa shape index (κ1) is 16.8. The Balaban J connectivity index is 1.88. The first-order valence-corrected chi connectivity index (χ1v) is 9.04. The fourth-order valence-electron chi connectivity index (χ4n) is 4.05. The Hall–Kier alpha value is -2.60. The van der Waals surface area contributed by atoms with Crippen LogP contribution in [0, 0.1) is 0 Å². The summed E-state index contributed by atoms with van der Waals surface area (Å²) in [4.78, 5) is 17.8. The summed E-state index contributed by atoms with van der Waals surface area (Å²) in [6, 6.07) is 2.10. The van der Waals surface area contributed by atoms with E-state index < -0.39 is 5.97 Å². The predicted molar refractivity (Wildman–Crippen MR) is 98.1 cm³/mol. The number of carbonyl (C=O) groups excluding carboxylic acids is 1. The van der Waals surface area contributed by atoms with Crippen LogP contribution in [0.4, 0.5) is 0 Å². The van der Waals surface area contributed by atoms with Crippen molar-refractivity contribution in [3.8, 4) is 0 Å². The number of hydrogen-bond donors (Lipinski definition) is 0. The monoisotopic (exact) mass is 351 g/mol. The third-order valence-corrected chi connectivity index (χ3v) is 5.53. The lowest BCUT2D eigenvalue weighted by molar-refractivity contribution is -0.297. The number of aromatic nitrogens is 3. The zero-order valence-corrected chi connectivity index (χ0v) is 15.2. The lowest BCUT2D eigenvalue weighted by Gasteiger charge is -2.26. The Morgan fingerprint density at radius 1 is 1.19 bits per heavy atom. The van der Waals surface area contributed by atoms with E-state index in [9.17, 15) is 9.90 Å². The summed E-state index contributed by atoms with van der Waals surface area (Å²) >= 11 is 0. The summed E-state index contributed by atoms with van der Waals surface area (Å²) in [5, 5.41) is 10.8. The van der Waals surface area contributed by atoms with Gasteiger partial charge in [-0.15, -0.1) is 0 Å². The standard InChI is InChI=1S/C20H24N4O2/c1-22-9-5-14(6-10-22)19-16-13-15(3-4-18(25)26)23(2)17(16)7-11-24-12-8-21-20(19)24/h3-4,8,12-13H,5-7,9-11H2,1-2H3,(H,25,26)/p-1/b4-3+. The Morgan fingerprint density at radius 2 is 1.96 bits per heavy atom. The van der Waals surface area contributed by atoms with Gasteiger partial charge in [-0.05, 0) is 38.1 Å². The molecule has 2 aliphatic rings. The lowest BCUT2D eigenvalue weighted by atomic mass is 9.92. The first-order chi connectivity index (χ1) is 12.5. The highest BCUT2D eigenvalue weighted by molar-refractivity contribution is 5.85. The van der Waals surface area contributed by atoms with Gasteiger partial charge in [0.25, 0.3) is 0 Å². The molecule has 0 unspecified atom stereocenters. The number of rotatable bonds is 2. The zero-order chi connectivity index (χ0) is 18.3. The van der Waals surface area contributed by atoms with Gasteiger partial charge >= 0.3 is 0 Å². The molecule has 0 saturated carbocycles. The third-order valence-electron chi connectivity index (χ3n) is 5.53. The maximum atomic E-state index is 10.8. The SMILES string of the molecule is CN1CCC(=C2c3cc(/C=C/C(=O)[O-])n(C)c3CCn3ccnc32)CC1. The minimum absolute atomic E-state index is 0.876. The summed E-state index contributed by atoms with van der Waals surface area (Å²) in [5.74, 6) is -0.143. The maximum absolute atomic E-state index is 10.8. The van der Waals surface area contributed by atoms with Gasteiger partial charge in [0.05, 0.1) is 5.97 Å². The molecule has 1 fully saturated rings. The topological polar surface area (TPSA) is 66.1 Å². The number of carboxylic acids is 1. The van der Waals surface area contributed by atoms with E-state index in [0.29, 0.717) is 0 Å². The normalized spacial score (nSPS) is 18.1. The minimum atomic E-state index is -1.18. The van der Waals surface area contributed by atoms with Crippen LogP contribution in [0.3, 0.4) is 0 Å². The van der Waals surface area contributed by atoms with Crippen LogP contribution in [0.15, 0.2) is 30.1 Å². The molecule has 2 aromatic rings. The van der Waals surface area contributed by atoms with Crippen molar-refractivity contribution in [2.24, 2.45) is 7.05 Å². The second kappa shape index (κ2) is 6.61. The molecule has 0 spiro atoms. The Kier molecular flexibility index (Phi) is 4.28. The summed E-state index contributed by atoms with van der Waals surface area (Å²) in [5.41, 5.74) is 5.98. The van der Waals surface area contributed by atoms with Crippen LogP contribution < -0.4 is 5.11 Å². The van der Waals surface area contributed by atoms with Gasteiger partial charge in [-0.25, -0.2) is 4.98 Å². The van der Waals surface area contributed by atoms with Crippen LogP contribution in [-0.2, 0) is 24.8 Å². The molecule has 0 aliphatic carbocycles. The molecule has 4 rings (SSSR count). The zero-order valence-electron chi connectivity index (χ0n) is 15.2. The second-order valence-electron chi connectivity index (χ2n) is 7.12. The van der Waals surface area contributed by atoms with Crippen LogP contribution >= 0.6 is 0 Å². The number of nitrogens with zero attached hydrogens (tertiary/aromatic N) is 4. The van der Waals surface area contributed by atoms with Gasteiger partial charge < -0.3 is 23.9 Å². The van der Waals surface area contributed by atoms with Crippen molar-refractivity contribution in [2.75, 3.05) is 20.1 Å². The molecule has 0 radical (unpaired) electrons. The highest BCUT2D eigenvalue weighted by Gasteiger charge is 2.26. The van der Waals surface area contributed by atoms with E-state index in [2.05, 4.69) is 32.1 Å². The van der Waals surface area contributed by atoms with Crippen molar-refractivity contribution in [3.63, 3.8) is 0 Å². The summed E-state index contributed by atoms with van der Waals surface area (Å²) in [7, 11) is 4.16. The van der Waals surface area contributed by atoms with Gasteiger partial charge in [-0.3, -0.25) is 0 Å². The Morgan fingerprint density at radius 3 is 2.69 bits per heavy atom. The molecule has 4 heterocycles. The van der Waals surface area contributed by atoms with Gasteiger partial charge in [0.15, 0.2) is 0 Å². The molecule has 0 N–H and O–H groups in total. The molecule has 136 valence electrons. The summed E-state index contributed by atoms with van der Waals surface area (Å²) in [6.45, 7) is 2.98. The molecule has 0 atom stereocenters. The molecular formula is C20H23N4O2-. The number of carbonyl (C=O) groups is 1. The fraction of sp³-hybridized carbons (Fsp3) is 0.400. The van der Waals surface area contributed by atoms with Crippen molar-refractivity contribution in [3.05, 3.63) is 52.9 Å². The highest BCUT2D eigenvalue weighted by atomic mass is 16.4. The van der Waals surface area contributed by atoms with Gasteiger partial charge in [-0.2, -0.15) is 0 Å². The van der Waals surface area contributed by atoms with Crippen LogP contribution in [-0.4, -0.2) is 45.1 Å². The van der Waals surface area contributed by atoms with E-state index >= 15 is 0 Å². The molecule has 0 amide bonds. The van der Waals surface area contributed by atoms with Crippen molar-refractivity contribution in [1.29, 1.82) is 0 Å². The van der Waals surface area contributed by atoms with Crippen LogP contribution in [0.2, 0.25) is 0 Å². The number of fused-ring (bicyclic) bond motifs is 2. The van der Waals surface area contributed by atoms with E-state index in [1.54, 1.807) is 6.08 Å². The maximum Gasteiger partial charge on any atom is 0.140 e. The number of piperidine rings is 1. The number of aliphatic carboxylic acids is 1. The number of hydrogen-bond acceptors (Lipinski definition) is 4. The highest BCUT2D eigenvalue weighted by Crippen LogP contribution is 2.37. The van der Waals surface area contributed by atoms with Crippen LogP contribution in [0.25, 0.3) is 11.6 Å². The van der Waals surface area contributed by atoms with Gasteiger partial charge in [-0.1, -0.05) is 5.57 Å². The molecule has 0 bridgehead atoms. The molecule has 2 aromatic heterocycles. The van der Waals surface area contributed by atoms with E-state index in [4.69, 9.17) is 0 Å². The number of aryl methyl sites for hydroxylation is 1. The molecular weight excluding hydrogens is 328 g/mol.